The predicted octanol–water partition coefficient (Wildman–Crippen LogP) is 1.17. The van der Waals surface area contributed by atoms with Gasteiger partial charge >= 0.3 is 0 Å². The summed E-state index contributed by atoms with van der Waals surface area (Å²) in [5.74, 6) is -0.393. The van der Waals surface area contributed by atoms with Crippen LogP contribution in [0.1, 0.15) is 25.7 Å². The van der Waals surface area contributed by atoms with Gasteiger partial charge in [-0.05, 0) is 34.8 Å². The molecule has 2 fully saturated rings. The monoisotopic (exact) mass is 445 g/mol. The summed E-state index contributed by atoms with van der Waals surface area (Å²) in [6.45, 7) is 0.504. The lowest BCUT2D eigenvalue weighted by molar-refractivity contribution is -0.147. The third-order valence-corrected chi connectivity index (χ3v) is 6.73. The van der Waals surface area contributed by atoms with Crippen molar-refractivity contribution in [1.29, 1.82) is 0 Å². The molecule has 142 valence electrons. The van der Waals surface area contributed by atoms with Crippen LogP contribution in [0, 0.1) is 0 Å². The average Bonchev–Trinajstić information content (AvgIpc) is 3.06. The Morgan fingerprint density at radius 1 is 1.23 bits per heavy atom. The first-order valence-corrected chi connectivity index (χ1v) is 10.8. The van der Waals surface area contributed by atoms with E-state index in [1.54, 1.807) is 18.3 Å². The van der Waals surface area contributed by atoms with Crippen LogP contribution in [0.2, 0.25) is 0 Å². The lowest BCUT2D eigenvalue weighted by Gasteiger charge is -2.25. The van der Waals surface area contributed by atoms with E-state index in [9.17, 15) is 18.0 Å². The highest BCUT2D eigenvalue weighted by molar-refractivity contribution is 9.10. The van der Waals surface area contributed by atoms with Crippen LogP contribution < -0.4 is 4.74 Å². The van der Waals surface area contributed by atoms with Crippen molar-refractivity contribution in [3.63, 3.8) is 0 Å². The number of imide groups is 1. The summed E-state index contributed by atoms with van der Waals surface area (Å²) in [4.78, 5) is 28.8. The van der Waals surface area contributed by atoms with E-state index in [-0.39, 0.29) is 36.8 Å². The number of sulfonamides is 1. The van der Waals surface area contributed by atoms with E-state index in [0.29, 0.717) is 38.1 Å². The number of likely N-dealkylation sites (tertiary alicyclic amines) is 1. The summed E-state index contributed by atoms with van der Waals surface area (Å²) in [5, 5.41) is 0. The summed E-state index contributed by atoms with van der Waals surface area (Å²) >= 11 is 3.29. The summed E-state index contributed by atoms with van der Waals surface area (Å²) in [7, 11) is -3.56. The molecule has 2 aliphatic heterocycles. The van der Waals surface area contributed by atoms with Crippen LogP contribution >= 0.6 is 15.9 Å². The average molecular weight is 446 g/mol. The molecule has 0 aromatic carbocycles. The van der Waals surface area contributed by atoms with E-state index in [1.165, 1.54) is 4.31 Å². The number of amides is 2. The zero-order valence-electron chi connectivity index (χ0n) is 14.1. The molecule has 0 bridgehead atoms. The molecule has 3 rings (SSSR count). The number of nitrogens with zero attached hydrogens (tertiary/aromatic N) is 3. The minimum atomic E-state index is -3.56. The van der Waals surface area contributed by atoms with Gasteiger partial charge in [0, 0.05) is 42.7 Å². The number of carbonyl (C=O) groups is 2. The van der Waals surface area contributed by atoms with Crippen LogP contribution in [0.5, 0.6) is 5.88 Å². The third kappa shape index (κ3) is 4.60. The van der Waals surface area contributed by atoms with Gasteiger partial charge in [-0.1, -0.05) is 0 Å². The first kappa shape index (κ1) is 19.2. The molecule has 10 heteroatoms. The van der Waals surface area contributed by atoms with Crippen LogP contribution in [-0.2, 0) is 19.6 Å². The van der Waals surface area contributed by atoms with E-state index in [2.05, 4.69) is 20.9 Å². The van der Waals surface area contributed by atoms with Crippen molar-refractivity contribution in [3.05, 3.63) is 22.8 Å². The molecule has 1 aromatic heterocycles. The van der Waals surface area contributed by atoms with Crippen LogP contribution in [0.25, 0.3) is 0 Å². The van der Waals surface area contributed by atoms with E-state index < -0.39 is 10.0 Å². The molecule has 1 unspecified atom stereocenters. The minimum Gasteiger partial charge on any atom is -0.473 e. The van der Waals surface area contributed by atoms with Crippen molar-refractivity contribution in [2.45, 2.75) is 31.8 Å². The highest BCUT2D eigenvalue weighted by Crippen LogP contribution is 2.21. The van der Waals surface area contributed by atoms with Crippen LogP contribution in [0.4, 0.5) is 0 Å². The van der Waals surface area contributed by atoms with Gasteiger partial charge in [-0.15, -0.1) is 0 Å². The van der Waals surface area contributed by atoms with Crippen LogP contribution in [0.15, 0.2) is 22.8 Å². The van der Waals surface area contributed by atoms with Crippen molar-refractivity contribution in [1.82, 2.24) is 14.2 Å². The number of ether oxygens (including phenoxy) is 1. The van der Waals surface area contributed by atoms with E-state index in [4.69, 9.17) is 4.74 Å². The third-order valence-electron chi connectivity index (χ3n) is 4.45. The van der Waals surface area contributed by atoms with Crippen molar-refractivity contribution in [3.8, 4) is 5.88 Å². The zero-order chi connectivity index (χ0) is 18.7. The SMILES string of the molecule is O=C1CCCC(=O)N1CCS(=O)(=O)N1CCC(Oc2ccc(Br)cn2)C1. The maximum absolute atomic E-state index is 12.5. The van der Waals surface area contributed by atoms with Gasteiger partial charge in [0.15, 0.2) is 0 Å². The lowest BCUT2D eigenvalue weighted by Crippen LogP contribution is -2.44. The zero-order valence-corrected chi connectivity index (χ0v) is 16.5. The van der Waals surface area contributed by atoms with Crippen molar-refractivity contribution in [2.24, 2.45) is 0 Å². The second-order valence-corrected chi connectivity index (χ2v) is 9.31. The highest BCUT2D eigenvalue weighted by Gasteiger charge is 2.34. The van der Waals surface area contributed by atoms with Crippen molar-refractivity contribution in [2.75, 3.05) is 25.4 Å². The fourth-order valence-corrected chi connectivity index (χ4v) is 4.72. The number of aromatic nitrogens is 1. The molecule has 2 saturated heterocycles. The van der Waals surface area contributed by atoms with E-state index in [0.717, 1.165) is 9.37 Å². The van der Waals surface area contributed by atoms with Gasteiger partial charge in [-0.25, -0.2) is 13.4 Å². The molecule has 0 spiro atoms. The standard InChI is InChI=1S/C16H20BrN3O5S/c17-12-4-5-14(18-10-12)25-13-6-7-19(11-13)26(23,24)9-8-20-15(21)2-1-3-16(20)22/h4-5,10,13H,1-3,6-9,11H2. The molecule has 0 aliphatic carbocycles. The number of hydrogen-bond acceptors (Lipinski definition) is 6. The molecule has 26 heavy (non-hydrogen) atoms. The number of carbonyl (C=O) groups excluding carboxylic acids is 2. The second kappa shape index (κ2) is 8.01. The van der Waals surface area contributed by atoms with Crippen LogP contribution in [0.3, 0.4) is 0 Å². The van der Waals surface area contributed by atoms with Gasteiger partial charge in [0.1, 0.15) is 6.10 Å². The Balaban J connectivity index is 1.54. The number of pyridine rings is 1. The number of hydrogen-bond donors (Lipinski definition) is 0. The number of piperidine rings is 1. The summed E-state index contributed by atoms with van der Waals surface area (Å²) in [5.41, 5.74) is 0. The first-order chi connectivity index (χ1) is 12.3. The lowest BCUT2D eigenvalue weighted by atomic mass is 10.1. The van der Waals surface area contributed by atoms with Gasteiger partial charge in [0.05, 0.1) is 12.3 Å². The van der Waals surface area contributed by atoms with Crippen molar-refractivity contribution >= 4 is 37.8 Å². The molecular formula is C16H20BrN3O5S. The second-order valence-electron chi connectivity index (χ2n) is 6.31. The van der Waals surface area contributed by atoms with Gasteiger partial charge in [-0.2, -0.15) is 4.31 Å². The maximum Gasteiger partial charge on any atom is 0.229 e. The smallest absolute Gasteiger partial charge is 0.229 e. The molecule has 2 aliphatic rings. The molecular weight excluding hydrogens is 426 g/mol. The Bertz CT molecular complexity index is 768. The van der Waals surface area contributed by atoms with Gasteiger partial charge in [0.25, 0.3) is 0 Å². The molecule has 2 amide bonds. The Morgan fingerprint density at radius 3 is 2.62 bits per heavy atom. The predicted molar refractivity (Wildman–Crippen MR) is 96.9 cm³/mol. The molecule has 0 N–H and O–H groups in total. The summed E-state index contributed by atoms with van der Waals surface area (Å²) in [6.07, 6.45) is 3.05. The molecule has 1 aromatic rings. The van der Waals surface area contributed by atoms with E-state index in [1.807, 2.05) is 0 Å². The largest absolute Gasteiger partial charge is 0.473 e. The van der Waals surface area contributed by atoms with Crippen molar-refractivity contribution < 1.29 is 22.7 Å². The Kier molecular flexibility index (Phi) is 5.93. The quantitative estimate of drug-likeness (QED) is 0.609. The minimum absolute atomic E-state index is 0.0870. The maximum atomic E-state index is 12.5. The fraction of sp³-hybridized carbons (Fsp3) is 0.562. The Labute approximate surface area is 160 Å². The highest BCUT2D eigenvalue weighted by atomic mass is 79.9. The molecule has 3 heterocycles. The summed E-state index contributed by atoms with van der Waals surface area (Å²) < 4.78 is 33.0. The summed E-state index contributed by atoms with van der Waals surface area (Å²) in [6, 6.07) is 3.52. The van der Waals surface area contributed by atoms with Crippen LogP contribution in [-0.4, -0.2) is 65.9 Å². The first-order valence-electron chi connectivity index (χ1n) is 8.44. The normalized spacial score (nSPS) is 22.0. The molecule has 0 radical (unpaired) electrons. The topological polar surface area (TPSA) is 96.9 Å². The van der Waals surface area contributed by atoms with E-state index >= 15 is 0 Å². The number of halogens is 1. The molecule has 1 atom stereocenters. The molecule has 8 nitrogen and oxygen atoms in total. The fourth-order valence-electron chi connectivity index (χ4n) is 3.03. The van der Waals surface area contributed by atoms with Gasteiger partial charge < -0.3 is 4.74 Å². The molecule has 0 saturated carbocycles. The Morgan fingerprint density at radius 2 is 1.96 bits per heavy atom. The number of rotatable bonds is 6. The van der Waals surface area contributed by atoms with Gasteiger partial charge in [-0.3, -0.25) is 14.5 Å². The van der Waals surface area contributed by atoms with Gasteiger partial charge in [0.2, 0.25) is 27.7 Å². The Hall–Kier alpha value is -1.52.